The molecule has 0 aromatic carbocycles. The lowest BCUT2D eigenvalue weighted by Crippen LogP contribution is -2.46. The first-order valence-electron chi connectivity index (χ1n) is 22.1. The molecular weight excluding hydrogens is 683 g/mol. The molecule has 0 bridgehead atoms. The Balaban J connectivity index is 4.15. The Labute approximate surface area is 327 Å². The van der Waals surface area contributed by atoms with Crippen LogP contribution < -0.4 is 11.1 Å². The van der Waals surface area contributed by atoms with Crippen molar-refractivity contribution in [2.45, 2.75) is 219 Å². The minimum absolute atomic E-state index is 0.0851. The summed E-state index contributed by atoms with van der Waals surface area (Å²) in [5.41, 5.74) is 5.38. The second-order valence-electron chi connectivity index (χ2n) is 14.9. The maximum atomic E-state index is 12.8. The summed E-state index contributed by atoms with van der Waals surface area (Å²) < 4.78 is 22.2. The van der Waals surface area contributed by atoms with Gasteiger partial charge in [-0.05, 0) is 44.9 Å². The normalized spacial score (nSPS) is 14.4. The van der Waals surface area contributed by atoms with Crippen molar-refractivity contribution in [2.24, 2.45) is 5.73 Å². The predicted molar refractivity (Wildman–Crippen MR) is 226 cm³/mol. The van der Waals surface area contributed by atoms with Crippen LogP contribution in [0.2, 0.25) is 0 Å². The topological polar surface area (TPSA) is 131 Å². The molecule has 0 heterocycles. The van der Waals surface area contributed by atoms with E-state index in [9.17, 15) is 19.4 Å². The monoisotopic (exact) mass is 769 g/mol. The summed E-state index contributed by atoms with van der Waals surface area (Å²) in [6.07, 6.45) is 47.2. The van der Waals surface area contributed by atoms with Gasteiger partial charge in [0.2, 0.25) is 5.91 Å². The number of hydrogen-bond acceptors (Lipinski definition) is 6. The highest BCUT2D eigenvalue weighted by Gasteiger charge is 2.27. The number of aliphatic hydroxyl groups excluding tert-OH is 1. The van der Waals surface area contributed by atoms with Gasteiger partial charge in [-0.25, -0.2) is 4.57 Å². The van der Waals surface area contributed by atoms with Gasteiger partial charge in [-0.2, -0.15) is 0 Å². The van der Waals surface area contributed by atoms with Gasteiger partial charge in [0.1, 0.15) is 0 Å². The van der Waals surface area contributed by atoms with E-state index in [1.54, 1.807) is 0 Å². The zero-order valence-electron chi connectivity index (χ0n) is 34.5. The van der Waals surface area contributed by atoms with Crippen molar-refractivity contribution in [3.8, 4) is 0 Å². The molecule has 0 saturated heterocycles. The van der Waals surface area contributed by atoms with Crippen LogP contribution in [0.3, 0.4) is 0 Å². The zero-order valence-corrected chi connectivity index (χ0v) is 35.4. The van der Waals surface area contributed by atoms with Gasteiger partial charge in [-0.1, -0.05) is 192 Å². The van der Waals surface area contributed by atoms with Crippen LogP contribution >= 0.6 is 7.82 Å². The fraction of sp³-hybridized carbons (Fsp3) is 0.841. The van der Waals surface area contributed by atoms with E-state index in [1.165, 1.54) is 103 Å². The molecule has 0 spiro atoms. The van der Waals surface area contributed by atoms with Gasteiger partial charge >= 0.3 is 7.82 Å². The van der Waals surface area contributed by atoms with Crippen LogP contribution in [-0.4, -0.2) is 47.8 Å². The minimum atomic E-state index is -4.32. The first-order chi connectivity index (χ1) is 25.9. The number of hydrogen-bond donors (Lipinski definition) is 4. The molecule has 0 aliphatic heterocycles. The van der Waals surface area contributed by atoms with E-state index in [-0.39, 0.29) is 25.7 Å². The van der Waals surface area contributed by atoms with E-state index in [4.69, 9.17) is 14.8 Å². The Morgan fingerprint density at radius 3 is 1.60 bits per heavy atom. The molecule has 0 aliphatic carbocycles. The summed E-state index contributed by atoms with van der Waals surface area (Å²) >= 11 is 0. The molecule has 5 N–H and O–H groups in total. The maximum Gasteiger partial charge on any atom is 0.472 e. The molecule has 0 aliphatic rings. The van der Waals surface area contributed by atoms with Crippen molar-refractivity contribution < 1.29 is 28.4 Å². The third-order valence-electron chi connectivity index (χ3n) is 9.76. The lowest BCUT2D eigenvalue weighted by Gasteiger charge is -2.25. The smallest absolute Gasteiger partial charge is 0.391 e. The Hall–Kier alpha value is -1.28. The van der Waals surface area contributed by atoms with E-state index in [1.807, 2.05) is 0 Å². The van der Waals surface area contributed by atoms with E-state index < -0.39 is 20.0 Å². The van der Waals surface area contributed by atoms with Crippen LogP contribution in [0, 0.1) is 0 Å². The first kappa shape index (κ1) is 51.7. The molecule has 0 rings (SSSR count). The van der Waals surface area contributed by atoms with E-state index >= 15 is 0 Å². The number of phosphoric ester groups is 1. The molecule has 0 aromatic heterocycles. The number of allylic oxidation sites excluding steroid dienone is 6. The Bertz CT molecular complexity index is 928. The first-order valence-corrected chi connectivity index (χ1v) is 23.6. The van der Waals surface area contributed by atoms with Crippen LogP contribution in [0.1, 0.15) is 206 Å². The van der Waals surface area contributed by atoms with Crippen molar-refractivity contribution in [1.82, 2.24) is 5.32 Å². The van der Waals surface area contributed by atoms with Crippen LogP contribution in [-0.2, 0) is 18.4 Å². The van der Waals surface area contributed by atoms with Crippen molar-refractivity contribution >= 4 is 13.7 Å². The highest BCUT2D eigenvalue weighted by Crippen LogP contribution is 2.43. The molecule has 1 amide bonds. The minimum Gasteiger partial charge on any atom is -0.391 e. The summed E-state index contributed by atoms with van der Waals surface area (Å²) in [6, 6.07) is -0.783. The Morgan fingerprint density at radius 2 is 1.09 bits per heavy atom. The molecule has 0 radical (unpaired) electrons. The summed E-state index contributed by atoms with van der Waals surface area (Å²) in [5, 5.41) is 13.8. The number of amides is 1. The summed E-state index contributed by atoms with van der Waals surface area (Å²) in [7, 11) is -4.32. The Kier molecular flexibility index (Phi) is 39.4. The third kappa shape index (κ3) is 38.8. The highest BCUT2D eigenvalue weighted by atomic mass is 31.2. The lowest BCUT2D eigenvalue weighted by molar-refractivity contribution is -0.123. The Morgan fingerprint density at radius 1 is 0.642 bits per heavy atom. The molecule has 0 saturated carbocycles. The molecular formula is C44H85N2O6P. The largest absolute Gasteiger partial charge is 0.472 e. The second kappa shape index (κ2) is 40.4. The van der Waals surface area contributed by atoms with E-state index in [2.05, 4.69) is 55.6 Å². The molecule has 3 unspecified atom stereocenters. The molecule has 0 fully saturated rings. The van der Waals surface area contributed by atoms with Gasteiger partial charge in [0, 0.05) is 13.0 Å². The fourth-order valence-electron chi connectivity index (χ4n) is 6.45. The number of rotatable bonds is 41. The van der Waals surface area contributed by atoms with Crippen LogP contribution in [0.15, 0.2) is 36.5 Å². The van der Waals surface area contributed by atoms with Crippen LogP contribution in [0.5, 0.6) is 0 Å². The molecule has 8 nitrogen and oxygen atoms in total. The molecule has 3 atom stereocenters. The number of aliphatic hydroxyl groups is 1. The molecule has 312 valence electrons. The van der Waals surface area contributed by atoms with E-state index in [0.717, 1.165) is 77.0 Å². The summed E-state index contributed by atoms with van der Waals surface area (Å²) in [6.45, 7) is 4.09. The molecule has 0 aromatic rings. The predicted octanol–water partition coefficient (Wildman–Crippen LogP) is 12.3. The van der Waals surface area contributed by atoms with Crippen molar-refractivity contribution in [3.63, 3.8) is 0 Å². The average Bonchev–Trinajstić information content (AvgIpc) is 3.14. The molecule has 53 heavy (non-hydrogen) atoms. The summed E-state index contributed by atoms with van der Waals surface area (Å²) in [5.74, 6) is -0.178. The lowest BCUT2D eigenvalue weighted by atomic mass is 10.0. The number of carbonyl (C=O) groups excluding carboxylic acids is 1. The number of nitrogens with two attached hydrogens (primary N) is 1. The average molecular weight is 769 g/mol. The van der Waals surface area contributed by atoms with Gasteiger partial charge in [-0.3, -0.25) is 13.8 Å². The fourth-order valence-corrected chi connectivity index (χ4v) is 7.21. The van der Waals surface area contributed by atoms with Crippen molar-refractivity contribution in [3.05, 3.63) is 36.5 Å². The standard InChI is InChI=1S/C44H85N2O6P/c1-3-5-7-9-11-13-15-17-19-20-21-22-24-25-27-29-31-33-35-37-43(47)42(41-52-53(49,50)51-40-39-45)46-44(48)38-36-34-32-30-28-26-23-18-16-14-12-10-8-6-4-2/h6,8,12,14,18,23,42-43,47H,3-5,7,9-11,13,15-17,19-22,24-41,45H2,1-2H3,(H,46,48)(H,49,50)/b8-6-,14-12-,23-18-. The van der Waals surface area contributed by atoms with Gasteiger partial charge in [0.15, 0.2) is 0 Å². The number of unbranched alkanes of at least 4 members (excludes halogenated alkanes) is 23. The van der Waals surface area contributed by atoms with Crippen LogP contribution in [0.25, 0.3) is 0 Å². The third-order valence-corrected chi connectivity index (χ3v) is 10.7. The van der Waals surface area contributed by atoms with Crippen molar-refractivity contribution in [2.75, 3.05) is 19.8 Å². The van der Waals surface area contributed by atoms with Gasteiger partial charge in [0.05, 0.1) is 25.4 Å². The van der Waals surface area contributed by atoms with E-state index in [0.29, 0.717) is 12.8 Å². The number of carbonyl (C=O) groups is 1. The van der Waals surface area contributed by atoms with Crippen molar-refractivity contribution in [1.29, 1.82) is 0 Å². The quantitative estimate of drug-likeness (QED) is 0.0277. The SMILES string of the molecule is CC/C=C\C/C=C\C/C=C\CCCCCCCC(=O)NC(COP(=O)(O)OCCN)C(O)CCCCCCCCCCCCCCCCCCCCC. The second-order valence-corrected chi connectivity index (χ2v) is 16.3. The zero-order chi connectivity index (χ0) is 38.9. The van der Waals surface area contributed by atoms with Crippen LogP contribution in [0.4, 0.5) is 0 Å². The number of phosphoric acid groups is 1. The van der Waals surface area contributed by atoms with Gasteiger partial charge < -0.3 is 21.1 Å². The van der Waals surface area contributed by atoms with Gasteiger partial charge in [0.25, 0.3) is 0 Å². The molecule has 9 heteroatoms. The van der Waals surface area contributed by atoms with Gasteiger partial charge in [-0.15, -0.1) is 0 Å². The highest BCUT2D eigenvalue weighted by molar-refractivity contribution is 7.47. The maximum absolute atomic E-state index is 12.8. The summed E-state index contributed by atoms with van der Waals surface area (Å²) in [4.78, 5) is 22.7. The number of nitrogens with one attached hydrogen (secondary N) is 1.